The first-order valence-corrected chi connectivity index (χ1v) is 12.2. The highest BCUT2D eigenvalue weighted by Crippen LogP contribution is 2.66. The number of hydrogen-bond donors (Lipinski definition) is 0. The van der Waals surface area contributed by atoms with Crippen molar-refractivity contribution in [2.45, 2.75) is 92.0 Å². The Bertz CT molecular complexity index is 851. The molecule has 0 bridgehead atoms. The number of fused-ring (bicyclic) bond motifs is 5. The van der Waals surface area contributed by atoms with Crippen molar-refractivity contribution in [3.63, 3.8) is 0 Å². The molecule has 3 heteroatoms. The lowest BCUT2D eigenvalue weighted by Gasteiger charge is -2.59. The number of Topliss-reactive ketones (excluding diaryl/α,β-unsaturated/α-hetero) is 1. The van der Waals surface area contributed by atoms with E-state index >= 15 is 0 Å². The molecule has 0 amide bonds. The Morgan fingerprint density at radius 2 is 1.97 bits per heavy atom. The first-order valence-electron chi connectivity index (χ1n) is 12.2. The van der Waals surface area contributed by atoms with E-state index in [4.69, 9.17) is 0 Å². The fraction of sp³-hybridized carbons (Fsp3) is 0.769. The molecule has 3 nitrogen and oxygen atoms in total. The van der Waals surface area contributed by atoms with E-state index in [0.717, 1.165) is 54.0 Å². The summed E-state index contributed by atoms with van der Waals surface area (Å²) in [6.07, 6.45) is 16.2. The standard InChI is InChI=1S/C26H38N2O/c1-5-28-16-19(17(2)27-28)14-18-15-23-21-10-9-20-8-6-7-12-25(20,3)22(21)11-13-26(23,4)24(18)29/h14,16,20-23H,5-13,15H2,1-4H3/b18-14+/t20-,21-,22+,23+,25-,26+/m0/s1. The van der Waals surface area contributed by atoms with Crippen LogP contribution in [0.15, 0.2) is 11.8 Å². The van der Waals surface area contributed by atoms with Crippen LogP contribution in [0.3, 0.4) is 0 Å². The topological polar surface area (TPSA) is 34.9 Å². The molecule has 0 radical (unpaired) electrons. The third-order valence-electron chi connectivity index (χ3n) is 9.86. The second kappa shape index (κ2) is 6.82. The minimum atomic E-state index is -0.125. The first kappa shape index (κ1) is 19.6. The molecule has 4 saturated carbocycles. The quantitative estimate of drug-likeness (QED) is 0.559. The Morgan fingerprint density at radius 1 is 1.14 bits per heavy atom. The average Bonchev–Trinajstić information content (AvgIpc) is 3.19. The second-order valence-corrected chi connectivity index (χ2v) is 11.1. The third-order valence-corrected chi connectivity index (χ3v) is 9.86. The number of hydrogen-bond acceptors (Lipinski definition) is 2. The fourth-order valence-electron chi connectivity index (χ4n) is 8.12. The van der Waals surface area contributed by atoms with Crippen LogP contribution in [0.5, 0.6) is 0 Å². The first-order chi connectivity index (χ1) is 13.9. The van der Waals surface area contributed by atoms with Crippen LogP contribution in [0, 0.1) is 41.4 Å². The summed E-state index contributed by atoms with van der Waals surface area (Å²) < 4.78 is 1.98. The third kappa shape index (κ3) is 2.82. The van der Waals surface area contributed by atoms with E-state index in [-0.39, 0.29) is 5.41 Å². The lowest BCUT2D eigenvalue weighted by Crippen LogP contribution is -2.52. The van der Waals surface area contributed by atoms with Gasteiger partial charge in [0.15, 0.2) is 5.78 Å². The van der Waals surface area contributed by atoms with E-state index in [2.05, 4.69) is 45.1 Å². The van der Waals surface area contributed by atoms with Gasteiger partial charge in [0.1, 0.15) is 0 Å². The van der Waals surface area contributed by atoms with E-state index in [1.807, 2.05) is 4.68 Å². The highest BCUT2D eigenvalue weighted by Gasteiger charge is 2.60. The van der Waals surface area contributed by atoms with Gasteiger partial charge in [0.2, 0.25) is 0 Å². The van der Waals surface area contributed by atoms with Gasteiger partial charge in [-0.15, -0.1) is 0 Å². The molecule has 0 spiro atoms. The van der Waals surface area contributed by atoms with Crippen molar-refractivity contribution in [1.82, 2.24) is 9.78 Å². The van der Waals surface area contributed by atoms with Crippen molar-refractivity contribution >= 4 is 11.9 Å². The van der Waals surface area contributed by atoms with Gasteiger partial charge in [0.25, 0.3) is 0 Å². The molecule has 4 aliphatic carbocycles. The van der Waals surface area contributed by atoms with Crippen molar-refractivity contribution in [1.29, 1.82) is 0 Å². The Labute approximate surface area is 176 Å². The normalized spacial score (nSPS) is 43.2. The monoisotopic (exact) mass is 394 g/mol. The zero-order valence-electron chi connectivity index (χ0n) is 18.8. The molecule has 1 aromatic rings. The minimum absolute atomic E-state index is 0.125. The number of nitrogens with zero attached hydrogens (tertiary/aromatic N) is 2. The van der Waals surface area contributed by atoms with E-state index in [1.165, 1.54) is 44.9 Å². The van der Waals surface area contributed by atoms with Gasteiger partial charge in [-0.2, -0.15) is 5.10 Å². The second-order valence-electron chi connectivity index (χ2n) is 11.1. The van der Waals surface area contributed by atoms with Gasteiger partial charge in [-0.25, -0.2) is 0 Å². The van der Waals surface area contributed by atoms with Gasteiger partial charge in [0, 0.05) is 23.7 Å². The van der Waals surface area contributed by atoms with Gasteiger partial charge < -0.3 is 0 Å². The van der Waals surface area contributed by atoms with E-state index in [1.54, 1.807) is 0 Å². The SMILES string of the molecule is CCn1cc(/C=C2\C[C@@H]3[C@H]4CC[C@@H]5CCCC[C@]5(C)[C@@H]4CC[C@@]3(C)C2=O)c(C)n1. The summed E-state index contributed by atoms with van der Waals surface area (Å²) in [5.74, 6) is 3.54. The number of ketones is 1. The largest absolute Gasteiger partial charge is 0.294 e. The summed E-state index contributed by atoms with van der Waals surface area (Å²) in [4.78, 5) is 13.6. The Morgan fingerprint density at radius 3 is 2.72 bits per heavy atom. The molecule has 0 aliphatic heterocycles. The van der Waals surface area contributed by atoms with Crippen molar-refractivity contribution < 1.29 is 4.79 Å². The van der Waals surface area contributed by atoms with E-state index < -0.39 is 0 Å². The van der Waals surface area contributed by atoms with E-state index in [9.17, 15) is 4.79 Å². The molecule has 0 unspecified atom stereocenters. The van der Waals surface area contributed by atoms with Crippen molar-refractivity contribution in [3.8, 4) is 0 Å². The molecule has 6 atom stereocenters. The summed E-state index contributed by atoms with van der Waals surface area (Å²) in [5, 5.41) is 4.58. The van der Waals surface area contributed by atoms with Gasteiger partial charge in [-0.05, 0) is 99.5 Å². The van der Waals surface area contributed by atoms with Gasteiger partial charge in [-0.1, -0.05) is 26.7 Å². The van der Waals surface area contributed by atoms with Crippen molar-refractivity contribution in [2.75, 3.05) is 0 Å². The zero-order chi connectivity index (χ0) is 20.4. The Hall–Kier alpha value is -1.38. The van der Waals surface area contributed by atoms with Crippen LogP contribution in [0.1, 0.15) is 89.8 Å². The molecule has 0 N–H and O–H groups in total. The molecule has 4 aliphatic rings. The van der Waals surface area contributed by atoms with Gasteiger partial charge >= 0.3 is 0 Å². The highest BCUT2D eigenvalue weighted by atomic mass is 16.1. The maximum absolute atomic E-state index is 13.6. The predicted molar refractivity (Wildman–Crippen MR) is 117 cm³/mol. The molecule has 0 aromatic carbocycles. The fourth-order valence-corrected chi connectivity index (χ4v) is 8.12. The summed E-state index contributed by atoms with van der Waals surface area (Å²) in [5.41, 5.74) is 3.67. The number of aromatic nitrogens is 2. The number of carbonyl (C=O) groups excluding carboxylic acids is 1. The molecular formula is C26H38N2O. The van der Waals surface area contributed by atoms with Crippen molar-refractivity contribution in [3.05, 3.63) is 23.0 Å². The number of rotatable bonds is 2. The average molecular weight is 395 g/mol. The predicted octanol–water partition coefficient (Wildman–Crippen LogP) is 6.21. The number of carbonyl (C=O) groups is 1. The van der Waals surface area contributed by atoms with Crippen LogP contribution < -0.4 is 0 Å². The van der Waals surface area contributed by atoms with Crippen LogP contribution in [-0.2, 0) is 11.3 Å². The molecule has 5 rings (SSSR count). The smallest absolute Gasteiger partial charge is 0.165 e. The Kier molecular flexibility index (Phi) is 4.60. The summed E-state index contributed by atoms with van der Waals surface area (Å²) in [6.45, 7) is 9.97. The van der Waals surface area contributed by atoms with Crippen molar-refractivity contribution in [2.24, 2.45) is 34.5 Å². The highest BCUT2D eigenvalue weighted by molar-refractivity contribution is 6.06. The molecule has 4 fully saturated rings. The summed E-state index contributed by atoms with van der Waals surface area (Å²) >= 11 is 0. The molecule has 29 heavy (non-hydrogen) atoms. The minimum Gasteiger partial charge on any atom is -0.294 e. The van der Waals surface area contributed by atoms with E-state index in [0.29, 0.717) is 17.1 Å². The maximum Gasteiger partial charge on any atom is 0.165 e. The van der Waals surface area contributed by atoms with Crippen LogP contribution in [0.2, 0.25) is 0 Å². The Balaban J connectivity index is 1.46. The molecule has 158 valence electrons. The van der Waals surface area contributed by atoms with Crippen LogP contribution in [-0.4, -0.2) is 15.6 Å². The number of allylic oxidation sites excluding steroid dienone is 1. The maximum atomic E-state index is 13.6. The molecule has 1 heterocycles. The lowest BCUT2D eigenvalue weighted by atomic mass is 9.45. The van der Waals surface area contributed by atoms with Crippen LogP contribution >= 0.6 is 0 Å². The molecule has 0 saturated heterocycles. The zero-order valence-corrected chi connectivity index (χ0v) is 18.8. The summed E-state index contributed by atoms with van der Waals surface area (Å²) in [6, 6.07) is 0. The lowest BCUT2D eigenvalue weighted by molar-refractivity contribution is -0.137. The summed E-state index contributed by atoms with van der Waals surface area (Å²) in [7, 11) is 0. The molecule has 1 aromatic heterocycles. The van der Waals surface area contributed by atoms with Crippen LogP contribution in [0.4, 0.5) is 0 Å². The van der Waals surface area contributed by atoms with Crippen LogP contribution in [0.25, 0.3) is 6.08 Å². The van der Waals surface area contributed by atoms with Gasteiger partial charge in [-0.3, -0.25) is 9.48 Å². The van der Waals surface area contributed by atoms with Gasteiger partial charge in [0.05, 0.1) is 5.69 Å². The molecular weight excluding hydrogens is 356 g/mol. The number of aryl methyl sites for hydroxylation is 2.